The van der Waals surface area contributed by atoms with Gasteiger partial charge in [0, 0.05) is 18.7 Å². The molecule has 4 rings (SSSR count). The van der Waals surface area contributed by atoms with Crippen LogP contribution < -0.4 is 9.47 Å². The van der Waals surface area contributed by atoms with Crippen molar-refractivity contribution in [3.8, 4) is 22.9 Å². The summed E-state index contributed by atoms with van der Waals surface area (Å²) in [5, 5.41) is 3.32. The Hall–Kier alpha value is -2.64. The van der Waals surface area contributed by atoms with Gasteiger partial charge in [-0.1, -0.05) is 30.3 Å². The SMILES string of the molecule is COc1cc2c(cc1OC)CN(Cn1[nH]c(-c3ccccc3)nc1=S)CC2. The van der Waals surface area contributed by atoms with Gasteiger partial charge in [-0.25, -0.2) is 4.68 Å². The zero-order chi connectivity index (χ0) is 18.8. The van der Waals surface area contributed by atoms with E-state index in [1.54, 1.807) is 14.2 Å². The summed E-state index contributed by atoms with van der Waals surface area (Å²) in [5.74, 6) is 2.35. The van der Waals surface area contributed by atoms with E-state index >= 15 is 0 Å². The maximum atomic E-state index is 5.45. The van der Waals surface area contributed by atoms with Crippen LogP contribution in [0.5, 0.6) is 11.5 Å². The second-order valence-corrected chi connectivity index (χ2v) is 6.93. The third kappa shape index (κ3) is 3.61. The first-order chi connectivity index (χ1) is 13.2. The highest BCUT2D eigenvalue weighted by atomic mass is 32.1. The number of rotatable bonds is 5. The van der Waals surface area contributed by atoms with Gasteiger partial charge in [-0.05, 0) is 41.9 Å². The van der Waals surface area contributed by atoms with E-state index in [9.17, 15) is 0 Å². The molecule has 0 bridgehead atoms. The standard InChI is InChI=1S/C20H22N4O2S/c1-25-17-10-15-8-9-23(12-16(15)11-18(17)26-2)13-24-20(27)21-19(22-24)14-6-4-3-5-7-14/h3-7,10-11H,8-9,12-13H2,1-2H3,(H,21,22,27). The second-order valence-electron chi connectivity index (χ2n) is 6.57. The first kappa shape index (κ1) is 17.8. The van der Waals surface area contributed by atoms with Crippen molar-refractivity contribution >= 4 is 12.2 Å². The van der Waals surface area contributed by atoms with Crippen molar-refractivity contribution in [1.29, 1.82) is 0 Å². The maximum Gasteiger partial charge on any atom is 0.217 e. The highest BCUT2D eigenvalue weighted by Gasteiger charge is 2.20. The molecule has 2 heterocycles. The number of aromatic amines is 1. The number of nitrogens with one attached hydrogen (secondary N) is 1. The molecule has 0 aliphatic carbocycles. The Labute approximate surface area is 163 Å². The van der Waals surface area contributed by atoms with E-state index < -0.39 is 0 Å². The number of aromatic nitrogens is 3. The zero-order valence-corrected chi connectivity index (χ0v) is 16.3. The van der Waals surface area contributed by atoms with Crippen molar-refractivity contribution in [2.24, 2.45) is 0 Å². The highest BCUT2D eigenvalue weighted by Crippen LogP contribution is 2.33. The molecule has 27 heavy (non-hydrogen) atoms. The Morgan fingerprint density at radius 1 is 1.07 bits per heavy atom. The van der Waals surface area contributed by atoms with Crippen LogP contribution in [0.1, 0.15) is 11.1 Å². The van der Waals surface area contributed by atoms with Crippen molar-refractivity contribution in [3.05, 3.63) is 58.4 Å². The summed E-state index contributed by atoms with van der Waals surface area (Å²) in [6.45, 7) is 2.45. The Morgan fingerprint density at radius 3 is 2.48 bits per heavy atom. The van der Waals surface area contributed by atoms with Crippen LogP contribution in [-0.2, 0) is 19.6 Å². The van der Waals surface area contributed by atoms with E-state index in [1.807, 2.05) is 35.0 Å². The van der Waals surface area contributed by atoms with Gasteiger partial charge in [-0.3, -0.25) is 10.00 Å². The van der Waals surface area contributed by atoms with Crippen LogP contribution in [-0.4, -0.2) is 40.4 Å². The van der Waals surface area contributed by atoms with Gasteiger partial charge >= 0.3 is 0 Å². The van der Waals surface area contributed by atoms with Crippen molar-refractivity contribution in [2.75, 3.05) is 20.8 Å². The number of nitrogens with zero attached hydrogens (tertiary/aromatic N) is 3. The molecule has 1 N–H and O–H groups in total. The van der Waals surface area contributed by atoms with E-state index in [-0.39, 0.29) is 0 Å². The van der Waals surface area contributed by atoms with Crippen LogP contribution in [0.15, 0.2) is 42.5 Å². The fraction of sp³-hybridized carbons (Fsp3) is 0.300. The number of fused-ring (bicyclic) bond motifs is 1. The molecule has 0 atom stereocenters. The van der Waals surface area contributed by atoms with Gasteiger partial charge in [0.1, 0.15) is 0 Å². The maximum absolute atomic E-state index is 5.45. The molecule has 3 aromatic rings. The third-order valence-corrected chi connectivity index (χ3v) is 5.18. The van der Waals surface area contributed by atoms with Gasteiger partial charge in [-0.2, -0.15) is 4.98 Å². The molecule has 0 saturated carbocycles. The zero-order valence-electron chi connectivity index (χ0n) is 15.4. The molecule has 7 heteroatoms. The molecule has 2 aromatic carbocycles. The molecule has 1 aliphatic rings. The number of ether oxygens (including phenoxy) is 2. The quantitative estimate of drug-likeness (QED) is 0.683. The van der Waals surface area contributed by atoms with E-state index in [2.05, 4.69) is 27.1 Å². The summed E-state index contributed by atoms with van der Waals surface area (Å²) in [6, 6.07) is 14.2. The predicted molar refractivity (Wildman–Crippen MR) is 107 cm³/mol. The lowest BCUT2D eigenvalue weighted by Gasteiger charge is -2.29. The third-order valence-electron chi connectivity index (χ3n) is 4.86. The molecule has 1 aliphatic heterocycles. The molecule has 140 valence electrons. The Kier molecular flexibility index (Phi) is 4.96. The van der Waals surface area contributed by atoms with Crippen LogP contribution in [0.4, 0.5) is 0 Å². The molecule has 6 nitrogen and oxygen atoms in total. The molecule has 0 spiro atoms. The van der Waals surface area contributed by atoms with Crippen LogP contribution in [0, 0.1) is 4.77 Å². The lowest BCUT2D eigenvalue weighted by molar-refractivity contribution is 0.188. The predicted octanol–water partition coefficient (Wildman–Crippen LogP) is 3.64. The van der Waals surface area contributed by atoms with Crippen molar-refractivity contribution in [3.63, 3.8) is 0 Å². The average molecular weight is 382 g/mol. The van der Waals surface area contributed by atoms with Gasteiger partial charge in [0.15, 0.2) is 17.3 Å². The number of benzene rings is 2. The van der Waals surface area contributed by atoms with Crippen molar-refractivity contribution in [2.45, 2.75) is 19.6 Å². The normalized spacial score (nSPS) is 14.0. The molecular weight excluding hydrogens is 360 g/mol. The minimum absolute atomic E-state index is 0.562. The van der Waals surface area contributed by atoms with Gasteiger partial charge in [0.2, 0.25) is 4.77 Å². The summed E-state index contributed by atoms with van der Waals surface area (Å²) in [5.41, 5.74) is 3.60. The van der Waals surface area contributed by atoms with Gasteiger partial charge in [0.25, 0.3) is 0 Å². The van der Waals surface area contributed by atoms with Crippen LogP contribution in [0.25, 0.3) is 11.4 Å². The van der Waals surface area contributed by atoms with E-state index in [4.69, 9.17) is 21.7 Å². The molecular formula is C20H22N4O2S. The van der Waals surface area contributed by atoms with Crippen LogP contribution in [0.2, 0.25) is 0 Å². The van der Waals surface area contributed by atoms with Crippen molar-refractivity contribution in [1.82, 2.24) is 19.7 Å². The fourth-order valence-electron chi connectivity index (χ4n) is 3.44. The topological polar surface area (TPSA) is 55.3 Å². The summed E-state index contributed by atoms with van der Waals surface area (Å²) < 4.78 is 13.3. The first-order valence-corrected chi connectivity index (χ1v) is 9.27. The number of hydrogen-bond donors (Lipinski definition) is 1. The lowest BCUT2D eigenvalue weighted by Crippen LogP contribution is -2.32. The van der Waals surface area contributed by atoms with Crippen LogP contribution in [0.3, 0.4) is 0 Å². The fourth-order valence-corrected chi connectivity index (χ4v) is 3.63. The van der Waals surface area contributed by atoms with Gasteiger partial charge in [0.05, 0.1) is 20.9 Å². The lowest BCUT2D eigenvalue weighted by atomic mass is 9.99. The van der Waals surface area contributed by atoms with Crippen LogP contribution >= 0.6 is 12.2 Å². The smallest absolute Gasteiger partial charge is 0.217 e. The van der Waals surface area contributed by atoms with Gasteiger partial charge in [-0.15, -0.1) is 0 Å². The molecule has 0 saturated heterocycles. The van der Waals surface area contributed by atoms with E-state index in [1.165, 1.54) is 11.1 Å². The molecule has 0 amide bonds. The Bertz CT molecular complexity index is 997. The molecule has 0 unspecified atom stereocenters. The number of methoxy groups -OCH3 is 2. The summed E-state index contributed by atoms with van der Waals surface area (Å²) in [7, 11) is 3.34. The highest BCUT2D eigenvalue weighted by molar-refractivity contribution is 7.71. The largest absolute Gasteiger partial charge is 0.493 e. The minimum atomic E-state index is 0.562. The van der Waals surface area contributed by atoms with E-state index in [0.29, 0.717) is 11.4 Å². The summed E-state index contributed by atoms with van der Waals surface area (Å²) in [4.78, 5) is 6.84. The average Bonchev–Trinajstić information content (AvgIpc) is 3.08. The van der Waals surface area contributed by atoms with Crippen molar-refractivity contribution < 1.29 is 9.47 Å². The monoisotopic (exact) mass is 382 g/mol. The minimum Gasteiger partial charge on any atom is -0.493 e. The number of hydrogen-bond acceptors (Lipinski definition) is 5. The Morgan fingerprint density at radius 2 is 1.78 bits per heavy atom. The van der Waals surface area contributed by atoms with E-state index in [0.717, 1.165) is 42.4 Å². The summed E-state index contributed by atoms with van der Waals surface area (Å²) >= 11 is 5.45. The molecule has 0 radical (unpaired) electrons. The van der Waals surface area contributed by atoms with Gasteiger partial charge < -0.3 is 9.47 Å². The summed E-state index contributed by atoms with van der Waals surface area (Å²) in [6.07, 6.45) is 0.961. The molecule has 0 fully saturated rings. The Balaban J connectivity index is 1.54. The first-order valence-electron chi connectivity index (χ1n) is 8.86. The second kappa shape index (κ2) is 7.54. The molecule has 1 aromatic heterocycles. The number of H-pyrrole nitrogens is 1.